The van der Waals surface area contributed by atoms with Crippen LogP contribution in [0.25, 0.3) is 0 Å². The number of isothiocyanates is 1. The van der Waals surface area contributed by atoms with Gasteiger partial charge < -0.3 is 54.3 Å². The van der Waals surface area contributed by atoms with Crippen molar-refractivity contribution in [1.29, 1.82) is 5.41 Å². The third kappa shape index (κ3) is 6.52. The number of hydrogen-bond donors (Lipinski definition) is 7. The quantitative estimate of drug-likeness (QED) is 0.0609. The normalized spacial score (nSPS) is 37.6. The summed E-state index contributed by atoms with van der Waals surface area (Å²) >= 11 is 4.53. The Bertz CT molecular complexity index is 1360. The number of ketones is 2. The first-order valence-electron chi connectivity index (χ1n) is 13.5. The summed E-state index contributed by atoms with van der Waals surface area (Å²) in [5.41, 5.74) is -7.77. The standard InChI is InChI=1S/C27H34N2O15S/c1-5-12(29-9-45)25(37)44-20-14(8-30)42-23(26(38)7-13(32)18(28)17(22(26)34)24(35)36)19(33)21(20)43-16-6-15(40-4)27(39,10(2)31)11(3)41-16/h5,11,14-16,19-21,23,28,30,33-34,38-39H,6-8H2,1-4H3,(H,35,36). The van der Waals surface area contributed by atoms with Gasteiger partial charge in [-0.25, -0.2) is 9.59 Å². The highest BCUT2D eigenvalue weighted by atomic mass is 32.1. The highest BCUT2D eigenvalue weighted by molar-refractivity contribution is 7.78. The van der Waals surface area contributed by atoms with E-state index >= 15 is 0 Å². The Hall–Kier alpha value is -3.29. The molecule has 0 bridgehead atoms. The van der Waals surface area contributed by atoms with Gasteiger partial charge >= 0.3 is 11.9 Å². The van der Waals surface area contributed by atoms with Gasteiger partial charge in [0, 0.05) is 13.5 Å². The number of carbonyl (C=O) groups is 4. The first kappa shape index (κ1) is 36.2. The summed E-state index contributed by atoms with van der Waals surface area (Å²) in [5.74, 6) is -6.35. The average Bonchev–Trinajstić information content (AvgIpc) is 2.98. The number of aliphatic hydroxyl groups excluding tert-OH is 3. The van der Waals surface area contributed by atoms with Crippen molar-refractivity contribution in [2.75, 3.05) is 13.7 Å². The zero-order chi connectivity index (χ0) is 34.0. The lowest BCUT2D eigenvalue weighted by molar-refractivity contribution is -0.332. The highest BCUT2D eigenvalue weighted by Gasteiger charge is 2.61. The molecule has 1 aliphatic carbocycles. The molecule has 2 aliphatic heterocycles. The number of carboxylic acid groups (broad SMARTS) is 1. The van der Waals surface area contributed by atoms with Crippen molar-refractivity contribution in [2.45, 2.75) is 93.8 Å². The number of nitrogens with one attached hydrogen (secondary N) is 1. The molecule has 0 aromatic heterocycles. The van der Waals surface area contributed by atoms with Gasteiger partial charge in [0.05, 0.1) is 24.3 Å². The zero-order valence-corrected chi connectivity index (χ0v) is 25.3. The second-order valence-electron chi connectivity index (χ2n) is 10.6. The second kappa shape index (κ2) is 14.0. The van der Waals surface area contributed by atoms with Gasteiger partial charge in [-0.2, -0.15) is 4.99 Å². The largest absolute Gasteiger partial charge is 0.508 e. The fourth-order valence-electron chi connectivity index (χ4n) is 5.62. The van der Waals surface area contributed by atoms with E-state index < -0.39 is 114 Å². The summed E-state index contributed by atoms with van der Waals surface area (Å²) in [6.45, 7) is 2.92. The van der Waals surface area contributed by atoms with Crippen LogP contribution in [-0.2, 0) is 42.9 Å². The van der Waals surface area contributed by atoms with Crippen LogP contribution in [0.3, 0.4) is 0 Å². The number of carbonyl (C=O) groups excluding carboxylic acids is 3. The predicted octanol–water partition coefficient (Wildman–Crippen LogP) is -1.50. The number of thiocarbonyl (C=S) groups is 1. The number of ether oxygens (including phenoxy) is 5. The van der Waals surface area contributed by atoms with E-state index in [-0.39, 0.29) is 12.1 Å². The molecule has 0 spiro atoms. The molecule has 2 heterocycles. The number of carboxylic acids is 1. The van der Waals surface area contributed by atoms with E-state index in [2.05, 4.69) is 17.2 Å². The molecular formula is C27H34N2O15S. The molecule has 0 amide bonds. The topological polar surface area (TPSA) is 272 Å². The van der Waals surface area contributed by atoms with Crippen LogP contribution in [0.2, 0.25) is 0 Å². The van der Waals surface area contributed by atoms with Crippen LogP contribution in [0.4, 0.5) is 0 Å². The van der Waals surface area contributed by atoms with Crippen LogP contribution >= 0.6 is 12.2 Å². The van der Waals surface area contributed by atoms with E-state index in [0.29, 0.717) is 0 Å². The number of hydrogen-bond acceptors (Lipinski definition) is 17. The number of nitrogens with zero attached hydrogens (tertiary/aromatic N) is 1. The van der Waals surface area contributed by atoms with Crippen molar-refractivity contribution in [3.8, 4) is 0 Å². The van der Waals surface area contributed by atoms with Gasteiger partial charge in [-0.05, 0) is 33.0 Å². The number of allylic oxidation sites excluding steroid dienone is 1. The molecule has 0 radical (unpaired) electrons. The summed E-state index contributed by atoms with van der Waals surface area (Å²) in [7, 11) is 1.22. The number of esters is 1. The van der Waals surface area contributed by atoms with Gasteiger partial charge in [-0.3, -0.25) is 15.0 Å². The van der Waals surface area contributed by atoms with Crippen molar-refractivity contribution in [1.82, 2.24) is 0 Å². The lowest BCUT2D eigenvalue weighted by atomic mass is 9.74. The SMILES string of the molecule is CC=C(N=C=S)C(=O)OC1C(CO)OC(C2(O)CC(=O)C(=N)C(C(=O)O)=C2O)C(O)C1OC1CC(OC)C(O)(C(C)=O)C(C)O1. The maximum atomic E-state index is 12.9. The van der Waals surface area contributed by atoms with Crippen molar-refractivity contribution in [3.05, 3.63) is 23.1 Å². The van der Waals surface area contributed by atoms with Gasteiger partial charge in [0.15, 0.2) is 40.9 Å². The lowest BCUT2D eigenvalue weighted by Crippen LogP contribution is -2.69. The summed E-state index contributed by atoms with van der Waals surface area (Å²) in [6, 6.07) is 0. The number of Topliss-reactive ketones (excluding diaryl/α,β-unsaturated/α-hetero) is 2. The van der Waals surface area contributed by atoms with E-state index in [1.807, 2.05) is 5.16 Å². The molecule has 0 saturated carbocycles. The molecule has 0 aromatic rings. The molecule has 10 atom stereocenters. The van der Waals surface area contributed by atoms with Gasteiger partial charge in [0.1, 0.15) is 47.6 Å². The Kier molecular flexibility index (Phi) is 11.3. The molecule has 45 heavy (non-hydrogen) atoms. The summed E-state index contributed by atoms with van der Waals surface area (Å²) in [6.07, 6.45) is -13.6. The molecule has 10 unspecified atom stereocenters. The van der Waals surface area contributed by atoms with Crippen molar-refractivity contribution < 1.29 is 73.5 Å². The third-order valence-electron chi connectivity index (χ3n) is 8.05. The third-order valence-corrected chi connectivity index (χ3v) is 8.14. The Morgan fingerprint density at radius 2 is 1.89 bits per heavy atom. The van der Waals surface area contributed by atoms with Crippen LogP contribution in [0.5, 0.6) is 0 Å². The molecular weight excluding hydrogens is 624 g/mol. The fourth-order valence-corrected chi connectivity index (χ4v) is 5.72. The first-order valence-corrected chi connectivity index (χ1v) is 13.9. The van der Waals surface area contributed by atoms with Gasteiger partial charge in [0.25, 0.3) is 0 Å². The number of aliphatic hydroxyl groups is 5. The molecule has 2 fully saturated rings. The maximum absolute atomic E-state index is 12.9. The molecule has 3 rings (SSSR count). The van der Waals surface area contributed by atoms with Crippen LogP contribution in [0.15, 0.2) is 28.1 Å². The maximum Gasteiger partial charge on any atom is 0.357 e. The minimum Gasteiger partial charge on any atom is -0.508 e. The minimum atomic E-state index is -2.97. The minimum absolute atomic E-state index is 0.334. The number of aliphatic carboxylic acids is 1. The Morgan fingerprint density at radius 1 is 1.24 bits per heavy atom. The van der Waals surface area contributed by atoms with E-state index in [9.17, 15) is 49.8 Å². The Morgan fingerprint density at radius 3 is 2.40 bits per heavy atom. The fraction of sp³-hybridized carbons (Fsp3) is 0.630. The molecule has 2 saturated heterocycles. The highest BCUT2D eigenvalue weighted by Crippen LogP contribution is 2.41. The summed E-state index contributed by atoms with van der Waals surface area (Å²) in [5, 5.41) is 74.4. The molecule has 18 heteroatoms. The van der Waals surface area contributed by atoms with Crippen LogP contribution < -0.4 is 0 Å². The van der Waals surface area contributed by atoms with Gasteiger partial charge in [0.2, 0.25) is 0 Å². The summed E-state index contributed by atoms with van der Waals surface area (Å²) in [4.78, 5) is 53.2. The van der Waals surface area contributed by atoms with Crippen LogP contribution in [-0.4, -0.2) is 139 Å². The number of methoxy groups -OCH3 is 1. The second-order valence-corrected chi connectivity index (χ2v) is 10.8. The smallest absolute Gasteiger partial charge is 0.357 e. The Labute approximate surface area is 261 Å². The van der Waals surface area contributed by atoms with Gasteiger partial charge in [-0.15, -0.1) is 0 Å². The van der Waals surface area contributed by atoms with Crippen LogP contribution in [0.1, 0.15) is 33.6 Å². The number of aliphatic imine (C=N–C) groups is 1. The molecule has 7 N–H and O–H groups in total. The first-order chi connectivity index (χ1) is 21.0. The molecule has 17 nitrogen and oxygen atoms in total. The van der Waals surface area contributed by atoms with Crippen molar-refractivity contribution in [2.24, 2.45) is 4.99 Å². The van der Waals surface area contributed by atoms with Gasteiger partial charge in [-0.1, -0.05) is 6.08 Å². The molecule has 248 valence electrons. The predicted molar refractivity (Wildman–Crippen MR) is 150 cm³/mol. The van der Waals surface area contributed by atoms with Crippen molar-refractivity contribution in [3.63, 3.8) is 0 Å². The van der Waals surface area contributed by atoms with Crippen LogP contribution in [0, 0.1) is 5.41 Å². The molecule has 3 aliphatic rings. The van der Waals surface area contributed by atoms with E-state index in [4.69, 9.17) is 29.1 Å². The Balaban J connectivity index is 2.11. The lowest BCUT2D eigenvalue weighted by Gasteiger charge is -2.51. The molecule has 0 aromatic carbocycles. The van der Waals surface area contributed by atoms with E-state index in [0.717, 1.165) is 6.92 Å². The monoisotopic (exact) mass is 658 g/mol. The van der Waals surface area contributed by atoms with E-state index in [1.54, 1.807) is 0 Å². The van der Waals surface area contributed by atoms with E-state index in [1.165, 1.54) is 27.0 Å². The van der Waals surface area contributed by atoms with Crippen molar-refractivity contribution >= 4 is 46.6 Å². The summed E-state index contributed by atoms with van der Waals surface area (Å²) < 4.78 is 28.2. The zero-order valence-electron chi connectivity index (χ0n) is 24.5. The average molecular weight is 659 g/mol. The number of rotatable bonds is 10.